The summed E-state index contributed by atoms with van der Waals surface area (Å²) in [5.41, 5.74) is 1.28. The number of benzene rings is 1. The Bertz CT molecular complexity index is 633. The Morgan fingerprint density at radius 3 is 2.42 bits per heavy atom. The number of pyridine rings is 1. The van der Waals surface area contributed by atoms with Crippen LogP contribution in [-0.4, -0.2) is 21.8 Å². The number of carboxylic acids is 1. The van der Waals surface area contributed by atoms with Crippen molar-refractivity contribution in [1.82, 2.24) is 4.98 Å². The second-order valence-electron chi connectivity index (χ2n) is 3.81. The Morgan fingerprint density at radius 1 is 1.00 bits per heavy atom. The van der Waals surface area contributed by atoms with Gasteiger partial charge in [0.25, 0.3) is 0 Å². The molecule has 2 aromatic rings. The summed E-state index contributed by atoms with van der Waals surface area (Å²) in [6.45, 7) is 0. The van der Waals surface area contributed by atoms with Gasteiger partial charge in [-0.25, -0.2) is 9.78 Å². The first-order valence-corrected chi connectivity index (χ1v) is 5.64. The van der Waals surface area contributed by atoms with Crippen molar-refractivity contribution in [3.8, 4) is 0 Å². The fourth-order valence-corrected chi connectivity index (χ4v) is 1.56. The number of rotatable bonds is 4. The number of carboxylic acid groups (broad SMARTS) is 1. The third kappa shape index (κ3) is 3.35. The predicted octanol–water partition coefficient (Wildman–Crippen LogP) is 2.41. The summed E-state index contributed by atoms with van der Waals surface area (Å²) in [4.78, 5) is 26.7. The minimum Gasteiger partial charge on any atom is -0.478 e. The third-order valence-electron chi connectivity index (χ3n) is 2.44. The summed E-state index contributed by atoms with van der Waals surface area (Å²) in [5.74, 6) is -1.24. The first-order valence-electron chi connectivity index (χ1n) is 5.64. The molecule has 4 nitrogen and oxygen atoms in total. The molecular weight excluding hydrogens is 242 g/mol. The summed E-state index contributed by atoms with van der Waals surface area (Å²) >= 11 is 0. The monoisotopic (exact) mass is 253 g/mol. The van der Waals surface area contributed by atoms with Crippen LogP contribution in [0.5, 0.6) is 0 Å². The number of ketones is 1. The van der Waals surface area contributed by atoms with Crippen molar-refractivity contribution in [3.05, 3.63) is 71.6 Å². The number of hydrogen-bond acceptors (Lipinski definition) is 3. The van der Waals surface area contributed by atoms with Crippen LogP contribution in [0.1, 0.15) is 21.7 Å². The van der Waals surface area contributed by atoms with Gasteiger partial charge in [-0.1, -0.05) is 36.4 Å². The van der Waals surface area contributed by atoms with Crippen molar-refractivity contribution in [1.29, 1.82) is 0 Å². The van der Waals surface area contributed by atoms with Crippen LogP contribution in [0.4, 0.5) is 0 Å². The van der Waals surface area contributed by atoms with Gasteiger partial charge in [0.15, 0.2) is 0 Å². The maximum absolute atomic E-state index is 12.1. The zero-order valence-corrected chi connectivity index (χ0v) is 9.98. The molecule has 0 saturated carbocycles. The lowest BCUT2D eigenvalue weighted by atomic mass is 10.1. The number of aliphatic carboxylic acids is 1. The average molecular weight is 253 g/mol. The van der Waals surface area contributed by atoms with E-state index in [0.29, 0.717) is 17.0 Å². The lowest BCUT2D eigenvalue weighted by Crippen LogP contribution is -2.04. The number of aromatic nitrogens is 1. The minimum absolute atomic E-state index is 0.189. The quantitative estimate of drug-likeness (QED) is 0.671. The molecule has 0 aliphatic heterocycles. The van der Waals surface area contributed by atoms with E-state index in [4.69, 9.17) is 5.11 Å². The van der Waals surface area contributed by atoms with Crippen molar-refractivity contribution >= 4 is 17.8 Å². The summed E-state index contributed by atoms with van der Waals surface area (Å²) < 4.78 is 0. The Labute approximate surface area is 110 Å². The van der Waals surface area contributed by atoms with Crippen molar-refractivity contribution in [3.63, 3.8) is 0 Å². The standard InChI is InChI=1S/C15H11NO3/c17-14(18)10-9-12-7-4-8-13(16-12)15(19)11-5-2-1-3-6-11/h1-10H,(H,17,18). The minimum atomic E-state index is -1.05. The van der Waals surface area contributed by atoms with Crippen LogP contribution >= 0.6 is 0 Å². The molecule has 0 bridgehead atoms. The van der Waals surface area contributed by atoms with Crippen molar-refractivity contribution in [2.45, 2.75) is 0 Å². The highest BCUT2D eigenvalue weighted by atomic mass is 16.4. The molecule has 0 spiro atoms. The molecule has 1 aromatic heterocycles. The van der Waals surface area contributed by atoms with Gasteiger partial charge in [-0.15, -0.1) is 0 Å². The second kappa shape index (κ2) is 5.73. The zero-order valence-electron chi connectivity index (χ0n) is 9.98. The molecule has 0 unspecified atom stereocenters. The molecule has 0 amide bonds. The number of carbonyl (C=O) groups is 2. The summed E-state index contributed by atoms with van der Waals surface area (Å²) in [6.07, 6.45) is 2.34. The molecule has 19 heavy (non-hydrogen) atoms. The van der Waals surface area contributed by atoms with Crippen molar-refractivity contribution in [2.75, 3.05) is 0 Å². The first kappa shape index (κ1) is 12.7. The zero-order chi connectivity index (χ0) is 13.7. The van der Waals surface area contributed by atoms with Crippen LogP contribution in [0.2, 0.25) is 0 Å². The van der Waals surface area contributed by atoms with Gasteiger partial charge in [-0.2, -0.15) is 0 Å². The van der Waals surface area contributed by atoms with E-state index in [1.165, 1.54) is 6.08 Å². The molecule has 0 atom stereocenters. The topological polar surface area (TPSA) is 67.3 Å². The van der Waals surface area contributed by atoms with Crippen molar-refractivity contribution in [2.24, 2.45) is 0 Å². The van der Waals surface area contributed by atoms with E-state index >= 15 is 0 Å². The number of hydrogen-bond donors (Lipinski definition) is 1. The van der Waals surface area contributed by atoms with E-state index in [1.807, 2.05) is 6.07 Å². The van der Waals surface area contributed by atoms with Gasteiger partial charge in [0.1, 0.15) is 5.69 Å². The highest BCUT2D eigenvalue weighted by Gasteiger charge is 2.09. The first-order chi connectivity index (χ1) is 9.16. The molecule has 0 saturated heterocycles. The summed E-state index contributed by atoms with van der Waals surface area (Å²) in [5, 5.41) is 8.55. The summed E-state index contributed by atoms with van der Waals surface area (Å²) in [6, 6.07) is 13.7. The second-order valence-corrected chi connectivity index (χ2v) is 3.81. The largest absolute Gasteiger partial charge is 0.478 e. The molecule has 94 valence electrons. The lowest BCUT2D eigenvalue weighted by molar-refractivity contribution is -0.131. The van der Waals surface area contributed by atoms with Gasteiger partial charge < -0.3 is 5.11 Å². The van der Waals surface area contributed by atoms with E-state index in [9.17, 15) is 9.59 Å². The van der Waals surface area contributed by atoms with Crippen molar-refractivity contribution < 1.29 is 14.7 Å². The van der Waals surface area contributed by atoms with Gasteiger partial charge in [0.2, 0.25) is 5.78 Å². The Kier molecular flexibility index (Phi) is 3.83. The third-order valence-corrected chi connectivity index (χ3v) is 2.44. The molecular formula is C15H11NO3. The Morgan fingerprint density at radius 2 is 1.74 bits per heavy atom. The molecule has 0 aliphatic carbocycles. The molecule has 0 fully saturated rings. The maximum atomic E-state index is 12.1. The highest BCUT2D eigenvalue weighted by molar-refractivity contribution is 6.07. The van der Waals surface area contributed by atoms with Crippen LogP contribution in [0.25, 0.3) is 6.08 Å². The van der Waals surface area contributed by atoms with E-state index < -0.39 is 5.97 Å². The van der Waals surface area contributed by atoms with Gasteiger partial charge in [0.05, 0.1) is 5.69 Å². The average Bonchev–Trinajstić information content (AvgIpc) is 2.45. The number of carbonyl (C=O) groups excluding carboxylic acids is 1. The Hall–Kier alpha value is -2.75. The van der Waals surface area contributed by atoms with Crippen LogP contribution in [-0.2, 0) is 4.79 Å². The molecule has 0 radical (unpaired) electrons. The Balaban J connectivity index is 2.29. The molecule has 1 heterocycles. The van der Waals surface area contributed by atoms with Gasteiger partial charge in [0, 0.05) is 11.6 Å². The van der Waals surface area contributed by atoms with Gasteiger partial charge >= 0.3 is 5.97 Å². The SMILES string of the molecule is O=C(O)C=Cc1cccc(C(=O)c2ccccc2)n1. The van der Waals surface area contributed by atoms with E-state index in [1.54, 1.807) is 42.5 Å². The summed E-state index contributed by atoms with van der Waals surface area (Å²) in [7, 11) is 0. The maximum Gasteiger partial charge on any atom is 0.328 e. The molecule has 0 aliphatic rings. The van der Waals surface area contributed by atoms with Crippen LogP contribution in [0.15, 0.2) is 54.6 Å². The number of nitrogens with zero attached hydrogens (tertiary/aromatic N) is 1. The normalized spacial score (nSPS) is 10.5. The fraction of sp³-hybridized carbons (Fsp3) is 0. The predicted molar refractivity (Wildman–Crippen MR) is 70.8 cm³/mol. The molecule has 2 rings (SSSR count). The van der Waals surface area contributed by atoms with Gasteiger partial charge in [-0.05, 0) is 18.2 Å². The van der Waals surface area contributed by atoms with Crippen LogP contribution in [0.3, 0.4) is 0 Å². The van der Waals surface area contributed by atoms with E-state index in [2.05, 4.69) is 4.98 Å². The lowest BCUT2D eigenvalue weighted by Gasteiger charge is -2.01. The highest BCUT2D eigenvalue weighted by Crippen LogP contribution is 2.09. The molecule has 1 aromatic carbocycles. The van der Waals surface area contributed by atoms with Gasteiger partial charge in [-0.3, -0.25) is 4.79 Å². The fourth-order valence-electron chi connectivity index (χ4n) is 1.56. The van der Waals surface area contributed by atoms with E-state index in [-0.39, 0.29) is 5.78 Å². The molecule has 4 heteroatoms. The smallest absolute Gasteiger partial charge is 0.328 e. The van der Waals surface area contributed by atoms with Crippen LogP contribution in [0, 0.1) is 0 Å². The van der Waals surface area contributed by atoms with Crippen LogP contribution < -0.4 is 0 Å². The van der Waals surface area contributed by atoms with E-state index in [0.717, 1.165) is 6.08 Å². The molecule has 1 N–H and O–H groups in total.